The molecule has 0 aliphatic heterocycles. The maximum Gasteiger partial charge on any atom is 0.169 e. The first kappa shape index (κ1) is 17.1. The van der Waals surface area contributed by atoms with Gasteiger partial charge < -0.3 is 5.32 Å². The maximum atomic E-state index is 12.7. The molecule has 0 saturated carbocycles. The number of halogens is 1. The summed E-state index contributed by atoms with van der Waals surface area (Å²) in [5.74, 6) is -0.000164. The Bertz CT molecular complexity index is 907. The summed E-state index contributed by atoms with van der Waals surface area (Å²) in [7, 11) is 0. The van der Waals surface area contributed by atoms with E-state index in [9.17, 15) is 4.79 Å². The van der Waals surface area contributed by atoms with Gasteiger partial charge in [-0.1, -0.05) is 29.3 Å². The van der Waals surface area contributed by atoms with Gasteiger partial charge in [-0.3, -0.25) is 9.78 Å². The number of Topliss-reactive ketones (excluding diaryl/α,β-unsaturated/α-hetero) is 1. The number of aryl methyl sites for hydroxylation is 2. The van der Waals surface area contributed by atoms with E-state index in [2.05, 4.69) is 15.3 Å². The third-order valence-electron chi connectivity index (χ3n) is 3.97. The first-order valence-electron chi connectivity index (χ1n) is 7.95. The normalized spacial score (nSPS) is 10.5. The minimum Gasteiger partial charge on any atom is -0.354 e. The molecule has 0 spiro atoms. The number of rotatable bonds is 5. The molecule has 0 bridgehead atoms. The number of hydrogen-bond acceptors (Lipinski definition) is 4. The van der Waals surface area contributed by atoms with Crippen molar-refractivity contribution in [3.63, 3.8) is 0 Å². The third kappa shape index (κ3) is 4.22. The number of anilines is 2. The molecule has 0 atom stereocenters. The number of ketones is 1. The van der Waals surface area contributed by atoms with Crippen LogP contribution in [-0.4, -0.2) is 15.8 Å². The van der Waals surface area contributed by atoms with E-state index < -0.39 is 0 Å². The van der Waals surface area contributed by atoms with Crippen molar-refractivity contribution < 1.29 is 4.79 Å². The molecule has 0 saturated heterocycles. The molecule has 25 heavy (non-hydrogen) atoms. The SMILES string of the molecule is Cc1ccc(Nc2cnccc2CC(=O)c2cnc(Cl)cc2C)cc1. The van der Waals surface area contributed by atoms with Crippen LogP contribution in [0.15, 0.2) is 55.0 Å². The van der Waals surface area contributed by atoms with E-state index in [-0.39, 0.29) is 12.2 Å². The molecule has 0 radical (unpaired) electrons. The Morgan fingerprint density at radius 1 is 1.12 bits per heavy atom. The second-order valence-corrected chi connectivity index (χ2v) is 6.33. The summed E-state index contributed by atoms with van der Waals surface area (Å²) in [6, 6.07) is 11.6. The van der Waals surface area contributed by atoms with Crippen LogP contribution in [0.25, 0.3) is 0 Å². The molecule has 5 heteroatoms. The zero-order valence-corrected chi connectivity index (χ0v) is 14.8. The Kier molecular flexibility index (Phi) is 5.10. The summed E-state index contributed by atoms with van der Waals surface area (Å²) in [5.41, 5.74) is 5.26. The van der Waals surface area contributed by atoms with Crippen molar-refractivity contribution in [1.82, 2.24) is 9.97 Å². The van der Waals surface area contributed by atoms with E-state index in [4.69, 9.17) is 11.6 Å². The second-order valence-electron chi connectivity index (χ2n) is 5.95. The molecule has 0 amide bonds. The molecule has 0 fully saturated rings. The first-order valence-corrected chi connectivity index (χ1v) is 8.32. The highest BCUT2D eigenvalue weighted by atomic mass is 35.5. The van der Waals surface area contributed by atoms with Gasteiger partial charge in [0.25, 0.3) is 0 Å². The lowest BCUT2D eigenvalue weighted by Gasteiger charge is -2.12. The lowest BCUT2D eigenvalue weighted by molar-refractivity contribution is 0.0992. The number of nitrogens with zero attached hydrogens (tertiary/aromatic N) is 2. The van der Waals surface area contributed by atoms with E-state index in [1.54, 1.807) is 18.5 Å². The lowest BCUT2D eigenvalue weighted by atomic mass is 10.0. The van der Waals surface area contributed by atoms with E-state index in [0.29, 0.717) is 10.7 Å². The zero-order valence-electron chi connectivity index (χ0n) is 14.1. The minimum absolute atomic E-state index is 0.000164. The van der Waals surface area contributed by atoms with Gasteiger partial charge in [0.15, 0.2) is 5.78 Å². The number of carbonyl (C=O) groups is 1. The Hall–Kier alpha value is -2.72. The van der Waals surface area contributed by atoms with Crippen LogP contribution in [0, 0.1) is 13.8 Å². The summed E-state index contributed by atoms with van der Waals surface area (Å²) >= 11 is 5.87. The van der Waals surface area contributed by atoms with Gasteiger partial charge in [0, 0.05) is 30.1 Å². The van der Waals surface area contributed by atoms with E-state index in [1.165, 1.54) is 11.8 Å². The van der Waals surface area contributed by atoms with Crippen LogP contribution in [0.5, 0.6) is 0 Å². The van der Waals surface area contributed by atoms with E-state index >= 15 is 0 Å². The highest BCUT2D eigenvalue weighted by Crippen LogP contribution is 2.22. The van der Waals surface area contributed by atoms with Crippen LogP contribution in [0.2, 0.25) is 5.15 Å². The van der Waals surface area contributed by atoms with Crippen molar-refractivity contribution in [2.45, 2.75) is 20.3 Å². The standard InChI is InChI=1S/C20H18ClN3O/c1-13-3-5-16(6-4-13)24-18-12-22-8-7-15(18)10-19(25)17-11-23-20(21)9-14(17)2/h3-9,11-12,24H,10H2,1-2H3. The van der Waals surface area contributed by atoms with Gasteiger partial charge in [-0.2, -0.15) is 0 Å². The van der Waals surface area contributed by atoms with Gasteiger partial charge >= 0.3 is 0 Å². The molecule has 2 heterocycles. The molecule has 2 aromatic heterocycles. The molecular formula is C20H18ClN3O. The minimum atomic E-state index is -0.000164. The third-order valence-corrected chi connectivity index (χ3v) is 4.18. The first-order chi connectivity index (χ1) is 12.0. The average molecular weight is 352 g/mol. The summed E-state index contributed by atoms with van der Waals surface area (Å²) in [6.45, 7) is 3.90. The van der Waals surface area contributed by atoms with Crippen molar-refractivity contribution in [2.24, 2.45) is 0 Å². The molecule has 4 nitrogen and oxygen atoms in total. The summed E-state index contributed by atoms with van der Waals surface area (Å²) in [4.78, 5) is 20.8. The highest BCUT2D eigenvalue weighted by Gasteiger charge is 2.13. The van der Waals surface area contributed by atoms with Gasteiger partial charge in [0.05, 0.1) is 11.9 Å². The fourth-order valence-corrected chi connectivity index (χ4v) is 2.78. The van der Waals surface area contributed by atoms with Gasteiger partial charge in [-0.15, -0.1) is 0 Å². The summed E-state index contributed by atoms with van der Waals surface area (Å²) in [5, 5.41) is 3.72. The monoisotopic (exact) mass is 351 g/mol. The van der Waals surface area contributed by atoms with Crippen molar-refractivity contribution in [1.29, 1.82) is 0 Å². The van der Waals surface area contributed by atoms with Crippen LogP contribution in [0.1, 0.15) is 27.0 Å². The Morgan fingerprint density at radius 2 is 1.88 bits per heavy atom. The molecule has 3 rings (SSSR count). The fourth-order valence-electron chi connectivity index (χ4n) is 2.56. The Balaban J connectivity index is 1.83. The molecule has 1 N–H and O–H groups in total. The number of nitrogens with one attached hydrogen (secondary N) is 1. The Morgan fingerprint density at radius 3 is 2.60 bits per heavy atom. The lowest BCUT2D eigenvalue weighted by Crippen LogP contribution is -2.08. The molecule has 3 aromatic rings. The molecule has 1 aromatic carbocycles. The van der Waals surface area contributed by atoms with Crippen LogP contribution in [-0.2, 0) is 6.42 Å². The fraction of sp³-hybridized carbons (Fsp3) is 0.150. The maximum absolute atomic E-state index is 12.7. The largest absolute Gasteiger partial charge is 0.354 e. The van der Waals surface area contributed by atoms with Crippen molar-refractivity contribution in [3.05, 3.63) is 82.4 Å². The number of hydrogen-bond donors (Lipinski definition) is 1. The second kappa shape index (κ2) is 7.45. The van der Waals surface area contributed by atoms with Crippen molar-refractivity contribution in [3.8, 4) is 0 Å². The summed E-state index contributed by atoms with van der Waals surface area (Å²) in [6.07, 6.45) is 5.22. The quantitative estimate of drug-likeness (QED) is 0.524. The number of benzene rings is 1. The smallest absolute Gasteiger partial charge is 0.169 e. The van der Waals surface area contributed by atoms with Crippen LogP contribution < -0.4 is 5.32 Å². The zero-order chi connectivity index (χ0) is 17.8. The highest BCUT2D eigenvalue weighted by molar-refractivity contribution is 6.29. The predicted octanol–water partition coefficient (Wildman–Crippen LogP) is 4.92. The molecule has 126 valence electrons. The van der Waals surface area contributed by atoms with E-state index in [0.717, 1.165) is 22.5 Å². The molecule has 0 aliphatic carbocycles. The molecule has 0 unspecified atom stereocenters. The van der Waals surface area contributed by atoms with Crippen molar-refractivity contribution in [2.75, 3.05) is 5.32 Å². The average Bonchev–Trinajstić information content (AvgIpc) is 2.58. The molecular weight excluding hydrogens is 334 g/mol. The van der Waals surface area contributed by atoms with Crippen LogP contribution in [0.4, 0.5) is 11.4 Å². The Labute approximate surface area is 151 Å². The van der Waals surface area contributed by atoms with Crippen molar-refractivity contribution >= 4 is 28.8 Å². The van der Waals surface area contributed by atoms with E-state index in [1.807, 2.05) is 44.2 Å². The van der Waals surface area contributed by atoms with Gasteiger partial charge in [0.2, 0.25) is 0 Å². The predicted molar refractivity (Wildman–Crippen MR) is 101 cm³/mol. The number of pyridine rings is 2. The summed E-state index contributed by atoms with van der Waals surface area (Å²) < 4.78 is 0. The number of carbonyl (C=O) groups excluding carboxylic acids is 1. The van der Waals surface area contributed by atoms with Gasteiger partial charge in [-0.05, 0) is 49.2 Å². The topological polar surface area (TPSA) is 54.9 Å². The van der Waals surface area contributed by atoms with Gasteiger partial charge in [0.1, 0.15) is 5.15 Å². The molecule has 0 aliphatic rings. The van der Waals surface area contributed by atoms with Crippen LogP contribution in [0.3, 0.4) is 0 Å². The van der Waals surface area contributed by atoms with Crippen LogP contribution >= 0.6 is 11.6 Å². The number of aromatic nitrogens is 2. The van der Waals surface area contributed by atoms with Gasteiger partial charge in [-0.25, -0.2) is 4.98 Å².